The second-order valence-corrected chi connectivity index (χ2v) is 3.03. The molecule has 0 radical (unpaired) electrons. The summed E-state index contributed by atoms with van der Waals surface area (Å²) in [5, 5.41) is 0. The van der Waals surface area contributed by atoms with E-state index in [9.17, 15) is 18.4 Å². The van der Waals surface area contributed by atoms with Crippen LogP contribution in [0, 0.1) is 0 Å². The molecule has 0 amide bonds. The first-order valence-electron chi connectivity index (χ1n) is 3.84. The van der Waals surface area contributed by atoms with Crippen LogP contribution in [0.5, 0.6) is 0 Å². The first-order chi connectivity index (χ1) is 5.73. The molecule has 76 valence electrons. The van der Waals surface area contributed by atoms with Crippen LogP contribution in [0.4, 0.5) is 8.78 Å². The SMILES string of the molecule is CC(C)OC(=O)CC(=O)C(C)(F)F. The van der Waals surface area contributed by atoms with Gasteiger partial charge in [-0.2, -0.15) is 8.78 Å². The Bertz CT molecular complexity index is 206. The standard InChI is InChI=1S/C8H12F2O3/c1-5(2)13-7(12)4-6(11)8(3,9)10/h5H,4H2,1-3H3. The van der Waals surface area contributed by atoms with Gasteiger partial charge in [0.05, 0.1) is 6.10 Å². The van der Waals surface area contributed by atoms with Gasteiger partial charge < -0.3 is 4.74 Å². The minimum Gasteiger partial charge on any atom is -0.463 e. The molecule has 0 aromatic rings. The van der Waals surface area contributed by atoms with Crippen molar-refractivity contribution in [3.8, 4) is 0 Å². The fourth-order valence-electron chi connectivity index (χ4n) is 0.591. The molecule has 0 saturated carbocycles. The predicted octanol–water partition coefficient (Wildman–Crippen LogP) is 1.55. The van der Waals surface area contributed by atoms with Crippen molar-refractivity contribution in [1.29, 1.82) is 0 Å². The summed E-state index contributed by atoms with van der Waals surface area (Å²) in [5.74, 6) is -5.80. The smallest absolute Gasteiger partial charge is 0.313 e. The van der Waals surface area contributed by atoms with Crippen molar-refractivity contribution in [2.24, 2.45) is 0 Å². The van der Waals surface area contributed by atoms with Gasteiger partial charge in [0.15, 0.2) is 0 Å². The van der Waals surface area contributed by atoms with Gasteiger partial charge in [-0.05, 0) is 13.8 Å². The maximum atomic E-state index is 12.3. The second kappa shape index (κ2) is 4.30. The molecule has 0 N–H and O–H groups in total. The lowest BCUT2D eigenvalue weighted by Crippen LogP contribution is -2.28. The Morgan fingerprint density at radius 2 is 1.85 bits per heavy atom. The highest BCUT2D eigenvalue weighted by Crippen LogP contribution is 2.15. The Kier molecular flexibility index (Phi) is 3.97. The van der Waals surface area contributed by atoms with Crippen LogP contribution in [0.2, 0.25) is 0 Å². The van der Waals surface area contributed by atoms with Crippen molar-refractivity contribution in [3.63, 3.8) is 0 Å². The number of ether oxygens (including phenoxy) is 1. The molecular weight excluding hydrogens is 182 g/mol. The fourth-order valence-corrected chi connectivity index (χ4v) is 0.591. The molecule has 0 aromatic carbocycles. The monoisotopic (exact) mass is 194 g/mol. The summed E-state index contributed by atoms with van der Waals surface area (Å²) in [6.07, 6.45) is -1.27. The summed E-state index contributed by atoms with van der Waals surface area (Å²) < 4.78 is 29.0. The van der Waals surface area contributed by atoms with Crippen LogP contribution in [0.1, 0.15) is 27.2 Å². The minimum absolute atomic E-state index is 0.397. The molecule has 0 bridgehead atoms. The van der Waals surface area contributed by atoms with Crippen LogP contribution in [-0.2, 0) is 14.3 Å². The molecule has 0 spiro atoms. The number of Topliss-reactive ketones (excluding diaryl/α,β-unsaturated/α-hetero) is 1. The molecule has 13 heavy (non-hydrogen) atoms. The van der Waals surface area contributed by atoms with E-state index in [2.05, 4.69) is 4.74 Å². The fraction of sp³-hybridized carbons (Fsp3) is 0.750. The van der Waals surface area contributed by atoms with E-state index >= 15 is 0 Å². The van der Waals surface area contributed by atoms with E-state index in [-0.39, 0.29) is 0 Å². The van der Waals surface area contributed by atoms with Crippen LogP contribution in [0.3, 0.4) is 0 Å². The first-order valence-corrected chi connectivity index (χ1v) is 3.84. The molecule has 0 heterocycles. The van der Waals surface area contributed by atoms with Crippen molar-refractivity contribution in [3.05, 3.63) is 0 Å². The predicted molar refractivity (Wildman–Crippen MR) is 41.5 cm³/mol. The molecule has 5 heteroatoms. The Balaban J connectivity index is 4.01. The summed E-state index contributed by atoms with van der Waals surface area (Å²) in [5.41, 5.74) is 0. The molecule has 0 atom stereocenters. The zero-order valence-corrected chi connectivity index (χ0v) is 7.77. The van der Waals surface area contributed by atoms with E-state index in [4.69, 9.17) is 0 Å². The Morgan fingerprint density at radius 3 is 2.15 bits per heavy atom. The number of ketones is 1. The molecule has 3 nitrogen and oxygen atoms in total. The van der Waals surface area contributed by atoms with Crippen molar-refractivity contribution < 1.29 is 23.1 Å². The van der Waals surface area contributed by atoms with Crippen molar-refractivity contribution in [2.75, 3.05) is 0 Å². The molecule has 0 saturated heterocycles. The quantitative estimate of drug-likeness (QED) is 0.503. The number of hydrogen-bond acceptors (Lipinski definition) is 3. The van der Waals surface area contributed by atoms with E-state index in [0.717, 1.165) is 0 Å². The number of esters is 1. The van der Waals surface area contributed by atoms with Crippen LogP contribution in [0.25, 0.3) is 0 Å². The van der Waals surface area contributed by atoms with Gasteiger partial charge in [-0.1, -0.05) is 0 Å². The molecule has 0 fully saturated rings. The molecule has 0 unspecified atom stereocenters. The average Bonchev–Trinajstić information content (AvgIpc) is 1.82. The maximum Gasteiger partial charge on any atom is 0.313 e. The number of alkyl halides is 2. The van der Waals surface area contributed by atoms with Gasteiger partial charge in [-0.15, -0.1) is 0 Å². The van der Waals surface area contributed by atoms with Gasteiger partial charge in [0.1, 0.15) is 6.42 Å². The van der Waals surface area contributed by atoms with Gasteiger partial charge in [0.25, 0.3) is 0 Å². The van der Waals surface area contributed by atoms with Gasteiger partial charge in [0, 0.05) is 6.92 Å². The van der Waals surface area contributed by atoms with Crippen LogP contribution < -0.4 is 0 Å². The highest BCUT2D eigenvalue weighted by Gasteiger charge is 2.33. The van der Waals surface area contributed by atoms with E-state index < -0.39 is 30.2 Å². The Labute approximate surface area is 75.1 Å². The summed E-state index contributed by atoms with van der Waals surface area (Å²) >= 11 is 0. The lowest BCUT2D eigenvalue weighted by Gasteiger charge is -2.10. The summed E-state index contributed by atoms with van der Waals surface area (Å²) in [6.45, 7) is 3.61. The Morgan fingerprint density at radius 1 is 1.38 bits per heavy atom. The zero-order chi connectivity index (χ0) is 10.6. The number of hydrogen-bond donors (Lipinski definition) is 0. The third-order valence-corrected chi connectivity index (χ3v) is 1.16. The number of carbonyl (C=O) groups excluding carboxylic acids is 2. The summed E-state index contributed by atoms with van der Waals surface area (Å²) in [7, 11) is 0. The van der Waals surface area contributed by atoms with Crippen LogP contribution in [-0.4, -0.2) is 23.8 Å². The maximum absolute atomic E-state index is 12.3. The Hall–Kier alpha value is -1.00. The average molecular weight is 194 g/mol. The molecule has 0 aliphatic carbocycles. The normalized spacial score (nSPS) is 11.5. The molecule has 0 aliphatic heterocycles. The zero-order valence-electron chi connectivity index (χ0n) is 7.77. The number of carbonyl (C=O) groups is 2. The van der Waals surface area contributed by atoms with Crippen molar-refractivity contribution >= 4 is 11.8 Å². The highest BCUT2D eigenvalue weighted by molar-refractivity contribution is 5.99. The van der Waals surface area contributed by atoms with E-state index in [1.807, 2.05) is 0 Å². The van der Waals surface area contributed by atoms with Crippen molar-refractivity contribution in [1.82, 2.24) is 0 Å². The third-order valence-electron chi connectivity index (χ3n) is 1.16. The topological polar surface area (TPSA) is 43.4 Å². The highest BCUT2D eigenvalue weighted by atomic mass is 19.3. The van der Waals surface area contributed by atoms with E-state index in [1.165, 1.54) is 0 Å². The molecule has 0 aliphatic rings. The summed E-state index contributed by atoms with van der Waals surface area (Å²) in [6, 6.07) is 0. The lowest BCUT2D eigenvalue weighted by atomic mass is 10.2. The van der Waals surface area contributed by atoms with E-state index in [1.54, 1.807) is 13.8 Å². The second-order valence-electron chi connectivity index (χ2n) is 3.03. The van der Waals surface area contributed by atoms with Gasteiger partial charge in [0.2, 0.25) is 5.78 Å². The van der Waals surface area contributed by atoms with Gasteiger partial charge in [-0.25, -0.2) is 0 Å². The van der Waals surface area contributed by atoms with Crippen molar-refractivity contribution in [2.45, 2.75) is 39.2 Å². The first kappa shape index (κ1) is 12.0. The molecule has 0 rings (SSSR count). The summed E-state index contributed by atoms with van der Waals surface area (Å²) in [4.78, 5) is 21.3. The van der Waals surface area contributed by atoms with Crippen LogP contribution >= 0.6 is 0 Å². The molecular formula is C8H12F2O3. The third kappa shape index (κ3) is 5.27. The largest absolute Gasteiger partial charge is 0.463 e. The van der Waals surface area contributed by atoms with E-state index in [0.29, 0.717) is 6.92 Å². The lowest BCUT2D eigenvalue weighted by molar-refractivity contribution is -0.155. The van der Waals surface area contributed by atoms with Gasteiger partial charge >= 0.3 is 11.9 Å². The number of halogens is 2. The van der Waals surface area contributed by atoms with Gasteiger partial charge in [-0.3, -0.25) is 9.59 Å². The minimum atomic E-state index is -3.46. The molecule has 0 aromatic heterocycles. The number of rotatable bonds is 4. The van der Waals surface area contributed by atoms with Crippen LogP contribution in [0.15, 0.2) is 0 Å².